The number of urea groups is 1. The second-order valence-electron chi connectivity index (χ2n) is 4.82. The highest BCUT2D eigenvalue weighted by Crippen LogP contribution is 2.37. The van der Waals surface area contributed by atoms with Crippen molar-refractivity contribution in [1.29, 1.82) is 5.26 Å². The molecule has 22 heavy (non-hydrogen) atoms. The van der Waals surface area contributed by atoms with Crippen LogP contribution in [0, 0.1) is 11.3 Å². The molecule has 2 amide bonds. The van der Waals surface area contributed by atoms with Gasteiger partial charge in [-0.05, 0) is 42.0 Å². The van der Waals surface area contributed by atoms with Gasteiger partial charge < -0.3 is 10.2 Å². The molecule has 5 nitrogen and oxygen atoms in total. The molecular weight excluding hydrogens is 296 g/mol. The lowest BCUT2D eigenvalue weighted by atomic mass is 10.2. The molecular formula is C16H14N4OS. The number of carbonyl (C=O) groups excluding carboxylic acids is 1. The molecule has 6 heteroatoms. The Balaban J connectivity index is 1.72. The summed E-state index contributed by atoms with van der Waals surface area (Å²) in [4.78, 5) is 18.3. The number of nitriles is 1. The minimum atomic E-state index is -0.128. The Bertz CT molecular complexity index is 696. The molecule has 1 atom stereocenters. The van der Waals surface area contributed by atoms with Crippen LogP contribution in [0.25, 0.3) is 0 Å². The normalized spacial score (nSPS) is 17.0. The number of carbonyl (C=O) groups is 1. The summed E-state index contributed by atoms with van der Waals surface area (Å²) in [5, 5.41) is 11.7. The summed E-state index contributed by atoms with van der Waals surface area (Å²) < 4.78 is 0. The molecule has 2 heterocycles. The molecule has 1 aliphatic heterocycles. The van der Waals surface area contributed by atoms with Gasteiger partial charge in [-0.1, -0.05) is 0 Å². The predicted molar refractivity (Wildman–Crippen MR) is 86.3 cm³/mol. The lowest BCUT2D eigenvalue weighted by Gasteiger charge is -2.24. The number of pyridine rings is 1. The highest BCUT2D eigenvalue weighted by Gasteiger charge is 2.30. The van der Waals surface area contributed by atoms with Crippen LogP contribution in [0.4, 0.5) is 10.5 Å². The van der Waals surface area contributed by atoms with Gasteiger partial charge in [0.1, 0.15) is 5.37 Å². The summed E-state index contributed by atoms with van der Waals surface area (Å²) in [6.07, 6.45) is 3.48. The SMILES string of the molecule is N#Cc1ccc(NC(=O)N2CCS[C@@H]2c2ccncc2)cc1. The lowest BCUT2D eigenvalue weighted by molar-refractivity contribution is 0.214. The van der Waals surface area contributed by atoms with Gasteiger partial charge in [0.15, 0.2) is 0 Å². The van der Waals surface area contributed by atoms with Gasteiger partial charge in [-0.3, -0.25) is 4.98 Å². The first-order valence-electron chi connectivity index (χ1n) is 6.87. The van der Waals surface area contributed by atoms with Gasteiger partial charge >= 0.3 is 6.03 Å². The van der Waals surface area contributed by atoms with Crippen LogP contribution in [0.1, 0.15) is 16.5 Å². The summed E-state index contributed by atoms with van der Waals surface area (Å²) >= 11 is 1.74. The Labute approximate surface area is 133 Å². The number of nitrogens with zero attached hydrogens (tertiary/aromatic N) is 3. The number of amides is 2. The first-order valence-corrected chi connectivity index (χ1v) is 7.92. The second kappa shape index (κ2) is 6.50. The van der Waals surface area contributed by atoms with E-state index in [0.29, 0.717) is 17.8 Å². The molecule has 0 bridgehead atoms. The van der Waals surface area contributed by atoms with Gasteiger partial charge in [0.05, 0.1) is 11.6 Å². The molecule has 1 saturated heterocycles. The summed E-state index contributed by atoms with van der Waals surface area (Å²) in [6.45, 7) is 0.708. The summed E-state index contributed by atoms with van der Waals surface area (Å²) in [5.41, 5.74) is 2.34. The van der Waals surface area contributed by atoms with Gasteiger partial charge in [-0.15, -0.1) is 11.8 Å². The van der Waals surface area contributed by atoms with Gasteiger partial charge in [0.25, 0.3) is 0 Å². The van der Waals surface area contributed by atoms with Gasteiger partial charge in [-0.25, -0.2) is 4.79 Å². The fraction of sp³-hybridized carbons (Fsp3) is 0.188. The fourth-order valence-corrected chi connectivity index (χ4v) is 3.56. The molecule has 1 aromatic heterocycles. The average Bonchev–Trinajstić information content (AvgIpc) is 3.06. The smallest absolute Gasteiger partial charge is 0.308 e. The average molecular weight is 310 g/mol. The van der Waals surface area contributed by atoms with Gasteiger partial charge in [0.2, 0.25) is 0 Å². The number of rotatable bonds is 2. The first kappa shape index (κ1) is 14.4. The predicted octanol–water partition coefficient (Wildman–Crippen LogP) is 3.23. The minimum absolute atomic E-state index is 0.0152. The van der Waals surface area contributed by atoms with Crippen LogP contribution >= 0.6 is 11.8 Å². The van der Waals surface area contributed by atoms with E-state index in [-0.39, 0.29) is 11.4 Å². The van der Waals surface area contributed by atoms with Crippen LogP contribution in [0.3, 0.4) is 0 Å². The van der Waals surface area contributed by atoms with E-state index in [1.807, 2.05) is 17.0 Å². The number of aromatic nitrogens is 1. The second-order valence-corrected chi connectivity index (χ2v) is 6.00. The zero-order chi connectivity index (χ0) is 15.4. The van der Waals surface area contributed by atoms with E-state index in [9.17, 15) is 4.79 Å². The molecule has 1 fully saturated rings. The number of hydrogen-bond acceptors (Lipinski definition) is 4. The standard InChI is InChI=1S/C16H14N4OS/c17-11-12-1-3-14(4-2-12)19-16(21)20-9-10-22-15(20)13-5-7-18-8-6-13/h1-8,15H,9-10H2,(H,19,21)/t15-/m1/s1. The molecule has 0 aliphatic carbocycles. The van der Waals surface area contributed by atoms with E-state index >= 15 is 0 Å². The molecule has 1 N–H and O–H groups in total. The third-order valence-electron chi connectivity index (χ3n) is 3.41. The Kier molecular flexibility index (Phi) is 4.26. The Morgan fingerprint density at radius 2 is 2.00 bits per heavy atom. The number of hydrogen-bond donors (Lipinski definition) is 1. The number of thioether (sulfide) groups is 1. The van der Waals surface area contributed by atoms with E-state index in [1.54, 1.807) is 48.4 Å². The maximum atomic E-state index is 12.5. The summed E-state index contributed by atoms with van der Waals surface area (Å²) in [7, 11) is 0. The topological polar surface area (TPSA) is 69.0 Å². The third-order valence-corrected chi connectivity index (χ3v) is 4.67. The monoisotopic (exact) mass is 310 g/mol. The highest BCUT2D eigenvalue weighted by atomic mass is 32.2. The van der Waals surface area contributed by atoms with Crippen molar-refractivity contribution in [3.05, 3.63) is 59.9 Å². The van der Waals surface area contributed by atoms with Crippen LogP contribution in [0.15, 0.2) is 48.8 Å². The van der Waals surface area contributed by atoms with E-state index in [0.717, 1.165) is 11.3 Å². The van der Waals surface area contributed by atoms with Crippen LogP contribution in [0.5, 0.6) is 0 Å². The Morgan fingerprint density at radius 1 is 1.27 bits per heavy atom. The lowest BCUT2D eigenvalue weighted by Crippen LogP contribution is -2.34. The van der Waals surface area contributed by atoms with Crippen molar-refractivity contribution in [3.63, 3.8) is 0 Å². The van der Waals surface area contributed by atoms with Crippen LogP contribution in [-0.2, 0) is 0 Å². The van der Waals surface area contributed by atoms with Crippen molar-refractivity contribution in [2.45, 2.75) is 5.37 Å². The van der Waals surface area contributed by atoms with E-state index in [4.69, 9.17) is 5.26 Å². The van der Waals surface area contributed by atoms with E-state index in [2.05, 4.69) is 16.4 Å². The van der Waals surface area contributed by atoms with E-state index in [1.165, 1.54) is 0 Å². The maximum absolute atomic E-state index is 12.5. The fourth-order valence-electron chi connectivity index (χ4n) is 2.31. The summed E-state index contributed by atoms with van der Waals surface area (Å²) in [6, 6.07) is 12.7. The minimum Gasteiger partial charge on any atom is -0.308 e. The molecule has 0 radical (unpaired) electrons. The zero-order valence-electron chi connectivity index (χ0n) is 11.8. The van der Waals surface area contributed by atoms with Crippen molar-refractivity contribution < 1.29 is 4.79 Å². The molecule has 0 unspecified atom stereocenters. The Morgan fingerprint density at radius 3 is 2.68 bits per heavy atom. The van der Waals surface area contributed by atoms with Crippen molar-refractivity contribution in [2.24, 2.45) is 0 Å². The molecule has 0 spiro atoms. The van der Waals surface area contributed by atoms with Crippen LogP contribution < -0.4 is 5.32 Å². The summed E-state index contributed by atoms with van der Waals surface area (Å²) in [5.74, 6) is 0.910. The van der Waals surface area contributed by atoms with Crippen molar-refractivity contribution in [2.75, 3.05) is 17.6 Å². The van der Waals surface area contributed by atoms with Gasteiger partial charge in [-0.2, -0.15) is 5.26 Å². The first-order chi connectivity index (χ1) is 10.8. The molecule has 1 aromatic carbocycles. The third kappa shape index (κ3) is 3.05. The molecule has 110 valence electrons. The Hall–Kier alpha value is -2.52. The van der Waals surface area contributed by atoms with Crippen molar-refractivity contribution in [1.82, 2.24) is 9.88 Å². The molecule has 0 saturated carbocycles. The van der Waals surface area contributed by atoms with Gasteiger partial charge in [0, 0.05) is 30.4 Å². The van der Waals surface area contributed by atoms with Crippen molar-refractivity contribution in [3.8, 4) is 6.07 Å². The van der Waals surface area contributed by atoms with Crippen LogP contribution in [0.2, 0.25) is 0 Å². The molecule has 3 rings (SSSR count). The molecule has 2 aromatic rings. The van der Waals surface area contributed by atoms with Crippen LogP contribution in [-0.4, -0.2) is 28.2 Å². The number of nitrogens with one attached hydrogen (secondary N) is 1. The van der Waals surface area contributed by atoms with Crippen molar-refractivity contribution >= 4 is 23.5 Å². The number of benzene rings is 1. The number of anilines is 1. The maximum Gasteiger partial charge on any atom is 0.323 e. The van der Waals surface area contributed by atoms with E-state index < -0.39 is 0 Å². The molecule has 1 aliphatic rings. The largest absolute Gasteiger partial charge is 0.323 e. The quantitative estimate of drug-likeness (QED) is 0.924. The highest BCUT2D eigenvalue weighted by molar-refractivity contribution is 7.99. The zero-order valence-corrected chi connectivity index (χ0v) is 12.6.